The van der Waals surface area contributed by atoms with Crippen molar-refractivity contribution in [3.63, 3.8) is 0 Å². The van der Waals surface area contributed by atoms with Crippen LogP contribution in [0.2, 0.25) is 0 Å². The monoisotopic (exact) mass is 336 g/mol. The van der Waals surface area contributed by atoms with Crippen molar-refractivity contribution in [2.75, 3.05) is 20.2 Å². The van der Waals surface area contributed by atoms with Crippen LogP contribution in [0.25, 0.3) is 0 Å². The van der Waals surface area contributed by atoms with Crippen molar-refractivity contribution in [3.05, 3.63) is 59.9 Å². The van der Waals surface area contributed by atoms with Crippen LogP contribution in [-0.4, -0.2) is 36.0 Å². The van der Waals surface area contributed by atoms with E-state index >= 15 is 0 Å². The lowest BCUT2D eigenvalue weighted by atomic mass is 9.89. The number of amides is 1. The van der Waals surface area contributed by atoms with Crippen molar-refractivity contribution < 1.29 is 9.53 Å². The number of aromatic nitrogens is 1. The van der Waals surface area contributed by atoms with E-state index in [2.05, 4.69) is 17.1 Å². The van der Waals surface area contributed by atoms with Gasteiger partial charge in [0.15, 0.2) is 0 Å². The number of benzene rings is 1. The van der Waals surface area contributed by atoms with Crippen molar-refractivity contribution in [1.29, 1.82) is 0 Å². The molecule has 0 bridgehead atoms. The van der Waals surface area contributed by atoms with E-state index in [1.165, 1.54) is 18.5 Å². The third-order valence-electron chi connectivity index (χ3n) is 5.83. The Hall–Kier alpha value is -2.36. The minimum atomic E-state index is 0.147. The molecule has 1 aromatic carbocycles. The molecule has 1 amide bonds. The molecule has 1 saturated heterocycles. The lowest BCUT2D eigenvalue weighted by molar-refractivity contribution is 0.0776. The van der Waals surface area contributed by atoms with Gasteiger partial charge in [0, 0.05) is 30.5 Å². The molecule has 0 N–H and O–H groups in total. The molecule has 2 aliphatic rings. The minimum Gasteiger partial charge on any atom is -0.497 e. The quantitative estimate of drug-likeness (QED) is 0.859. The second-order valence-corrected chi connectivity index (χ2v) is 7.23. The van der Waals surface area contributed by atoms with Crippen LogP contribution in [0, 0.1) is 17.8 Å². The molecule has 0 radical (unpaired) electrons. The first kappa shape index (κ1) is 16.1. The second-order valence-electron chi connectivity index (χ2n) is 7.23. The number of likely N-dealkylation sites (tertiary alicyclic amines) is 1. The van der Waals surface area contributed by atoms with Crippen molar-refractivity contribution in [3.8, 4) is 5.75 Å². The number of ether oxygens (including phenoxy) is 1. The molecule has 1 aromatic heterocycles. The normalized spacial score (nSPS) is 25.0. The van der Waals surface area contributed by atoms with Gasteiger partial charge in [0.1, 0.15) is 5.75 Å². The minimum absolute atomic E-state index is 0.147. The van der Waals surface area contributed by atoms with E-state index in [0.29, 0.717) is 17.8 Å². The fourth-order valence-electron chi connectivity index (χ4n) is 4.50. The maximum atomic E-state index is 12.8. The molecule has 2 heterocycles. The molecule has 1 aliphatic carbocycles. The fraction of sp³-hybridized carbons (Fsp3) is 0.429. The Bertz CT molecular complexity index is 729. The molecule has 130 valence electrons. The van der Waals surface area contributed by atoms with E-state index in [4.69, 9.17) is 4.74 Å². The highest BCUT2D eigenvalue weighted by Gasteiger charge is 2.43. The molecule has 0 spiro atoms. The van der Waals surface area contributed by atoms with Crippen LogP contribution in [0.15, 0.2) is 48.7 Å². The van der Waals surface area contributed by atoms with Crippen molar-refractivity contribution in [2.24, 2.45) is 17.8 Å². The summed E-state index contributed by atoms with van der Waals surface area (Å²) in [6, 6.07) is 13.6. The zero-order valence-corrected chi connectivity index (χ0v) is 14.6. The predicted molar refractivity (Wildman–Crippen MR) is 96.5 cm³/mol. The maximum Gasteiger partial charge on any atom is 0.253 e. The topological polar surface area (TPSA) is 42.4 Å². The molecule has 2 aromatic rings. The molecular weight excluding hydrogens is 312 g/mol. The van der Waals surface area contributed by atoms with Gasteiger partial charge in [-0.1, -0.05) is 6.07 Å². The SMILES string of the molecule is COc1ccc(C(=O)N2C[C@H]3CC[C@H](Cc4ccccn4)[C@H]3C2)cc1. The molecular formula is C21H24N2O2. The smallest absolute Gasteiger partial charge is 0.253 e. The van der Waals surface area contributed by atoms with Gasteiger partial charge < -0.3 is 9.64 Å². The van der Waals surface area contributed by atoms with Crippen LogP contribution in [0.4, 0.5) is 0 Å². The van der Waals surface area contributed by atoms with Crippen LogP contribution in [0.5, 0.6) is 5.75 Å². The summed E-state index contributed by atoms with van der Waals surface area (Å²) in [5.74, 6) is 2.84. The Morgan fingerprint density at radius 3 is 2.72 bits per heavy atom. The third-order valence-corrected chi connectivity index (χ3v) is 5.83. The summed E-state index contributed by atoms with van der Waals surface area (Å²) < 4.78 is 5.17. The number of hydrogen-bond donors (Lipinski definition) is 0. The number of hydrogen-bond acceptors (Lipinski definition) is 3. The van der Waals surface area contributed by atoms with Gasteiger partial charge in [-0.2, -0.15) is 0 Å². The first-order valence-corrected chi connectivity index (χ1v) is 9.08. The van der Waals surface area contributed by atoms with Gasteiger partial charge in [-0.15, -0.1) is 0 Å². The summed E-state index contributed by atoms with van der Waals surface area (Å²) >= 11 is 0. The van der Waals surface area contributed by atoms with Gasteiger partial charge in [-0.25, -0.2) is 0 Å². The van der Waals surface area contributed by atoms with E-state index in [0.717, 1.165) is 30.8 Å². The average Bonchev–Trinajstić information content (AvgIpc) is 3.24. The Balaban J connectivity index is 1.42. The fourth-order valence-corrected chi connectivity index (χ4v) is 4.50. The largest absolute Gasteiger partial charge is 0.497 e. The van der Waals surface area contributed by atoms with E-state index in [1.807, 2.05) is 41.4 Å². The summed E-state index contributed by atoms with van der Waals surface area (Å²) in [6.45, 7) is 1.78. The Morgan fingerprint density at radius 2 is 2.00 bits per heavy atom. The Morgan fingerprint density at radius 1 is 1.16 bits per heavy atom. The Kier molecular flexibility index (Phi) is 4.43. The lowest BCUT2D eigenvalue weighted by Gasteiger charge is -2.21. The molecule has 25 heavy (non-hydrogen) atoms. The van der Waals surface area contributed by atoms with Crippen LogP contribution in [0.1, 0.15) is 28.9 Å². The highest BCUT2D eigenvalue weighted by Crippen LogP contribution is 2.43. The van der Waals surface area contributed by atoms with E-state index in [-0.39, 0.29) is 5.91 Å². The van der Waals surface area contributed by atoms with Gasteiger partial charge >= 0.3 is 0 Å². The van der Waals surface area contributed by atoms with E-state index < -0.39 is 0 Å². The summed E-state index contributed by atoms with van der Waals surface area (Å²) in [4.78, 5) is 19.3. The molecule has 4 heteroatoms. The average molecular weight is 336 g/mol. The number of carbonyl (C=O) groups excluding carboxylic acids is 1. The number of carbonyl (C=O) groups is 1. The highest BCUT2D eigenvalue weighted by atomic mass is 16.5. The molecule has 1 aliphatic heterocycles. The van der Waals surface area contributed by atoms with Crippen molar-refractivity contribution in [1.82, 2.24) is 9.88 Å². The van der Waals surface area contributed by atoms with Crippen LogP contribution < -0.4 is 4.74 Å². The molecule has 2 fully saturated rings. The van der Waals surface area contributed by atoms with E-state index in [1.54, 1.807) is 7.11 Å². The third kappa shape index (κ3) is 3.26. The zero-order valence-electron chi connectivity index (χ0n) is 14.6. The number of rotatable bonds is 4. The molecule has 4 rings (SSSR count). The number of nitrogens with zero attached hydrogens (tertiary/aromatic N) is 2. The van der Waals surface area contributed by atoms with Crippen LogP contribution in [-0.2, 0) is 6.42 Å². The summed E-state index contributed by atoms with van der Waals surface area (Å²) in [7, 11) is 1.64. The highest BCUT2D eigenvalue weighted by molar-refractivity contribution is 5.94. The standard InChI is InChI=1S/C21H24N2O2/c1-25-19-9-7-15(8-10-19)21(24)23-13-17-6-5-16(20(17)14-23)12-18-4-2-3-11-22-18/h2-4,7-11,16-17,20H,5-6,12-14H2,1H3/t16-,17-,20-/m1/s1. The van der Waals surface area contributed by atoms with Crippen LogP contribution >= 0.6 is 0 Å². The summed E-state index contributed by atoms with van der Waals surface area (Å²) in [5.41, 5.74) is 1.93. The van der Waals surface area contributed by atoms with Crippen molar-refractivity contribution in [2.45, 2.75) is 19.3 Å². The molecule has 4 nitrogen and oxygen atoms in total. The van der Waals surface area contributed by atoms with Gasteiger partial charge in [0.2, 0.25) is 0 Å². The van der Waals surface area contributed by atoms with Gasteiger partial charge in [-0.3, -0.25) is 9.78 Å². The molecule has 0 unspecified atom stereocenters. The molecule has 1 saturated carbocycles. The predicted octanol–water partition coefficient (Wildman–Crippen LogP) is 3.43. The van der Waals surface area contributed by atoms with Gasteiger partial charge in [0.25, 0.3) is 5.91 Å². The van der Waals surface area contributed by atoms with Crippen LogP contribution in [0.3, 0.4) is 0 Å². The Labute approximate surface area is 148 Å². The lowest BCUT2D eigenvalue weighted by Crippen LogP contribution is -2.30. The maximum absolute atomic E-state index is 12.8. The summed E-state index contributed by atoms with van der Waals surface area (Å²) in [6.07, 6.45) is 5.40. The first-order valence-electron chi connectivity index (χ1n) is 9.08. The number of fused-ring (bicyclic) bond motifs is 1. The van der Waals surface area contributed by atoms with E-state index in [9.17, 15) is 4.79 Å². The zero-order chi connectivity index (χ0) is 17.2. The van der Waals surface area contributed by atoms with Gasteiger partial charge in [0.05, 0.1) is 7.11 Å². The number of methoxy groups -OCH3 is 1. The number of pyridine rings is 1. The first-order chi connectivity index (χ1) is 12.2. The van der Waals surface area contributed by atoms with Crippen molar-refractivity contribution >= 4 is 5.91 Å². The second kappa shape index (κ2) is 6.87. The summed E-state index contributed by atoms with van der Waals surface area (Å²) in [5, 5.41) is 0. The van der Waals surface area contributed by atoms with Gasteiger partial charge in [-0.05, 0) is 73.4 Å². The molecule has 3 atom stereocenters.